The van der Waals surface area contributed by atoms with Crippen LogP contribution in [-0.4, -0.2) is 19.9 Å². The quantitative estimate of drug-likeness (QED) is 0.673. The molecule has 3 heterocycles. The van der Waals surface area contributed by atoms with Gasteiger partial charge in [0.1, 0.15) is 12.3 Å². The van der Waals surface area contributed by atoms with Gasteiger partial charge in [-0.2, -0.15) is 0 Å². The zero-order valence-corrected chi connectivity index (χ0v) is 13.8. The maximum atomic E-state index is 11.8. The van der Waals surface area contributed by atoms with Crippen molar-refractivity contribution in [3.8, 4) is 0 Å². The molecule has 0 amide bonds. The summed E-state index contributed by atoms with van der Waals surface area (Å²) in [6, 6.07) is 3.93. The Morgan fingerprint density at radius 3 is 2.91 bits per heavy atom. The molecule has 0 N–H and O–H groups in total. The molecule has 6 nitrogen and oxygen atoms in total. The van der Waals surface area contributed by atoms with Gasteiger partial charge in [-0.1, -0.05) is 17.4 Å². The van der Waals surface area contributed by atoms with Crippen molar-refractivity contribution in [1.82, 2.24) is 14.0 Å². The molecule has 120 valence electrons. The molecule has 0 atom stereocenters. The molecule has 7 heteroatoms. The van der Waals surface area contributed by atoms with Gasteiger partial charge < -0.3 is 13.7 Å². The molecule has 0 unspecified atom stereocenters. The van der Waals surface area contributed by atoms with Crippen LogP contribution in [0.4, 0.5) is 0 Å². The second-order valence-corrected chi connectivity index (χ2v) is 6.18. The maximum absolute atomic E-state index is 11.8. The van der Waals surface area contributed by atoms with Crippen LogP contribution in [0.5, 0.6) is 0 Å². The van der Waals surface area contributed by atoms with Crippen LogP contribution < -0.4 is 4.87 Å². The Morgan fingerprint density at radius 1 is 1.39 bits per heavy atom. The van der Waals surface area contributed by atoms with Crippen molar-refractivity contribution in [2.75, 3.05) is 0 Å². The monoisotopic (exact) mass is 331 g/mol. The van der Waals surface area contributed by atoms with Gasteiger partial charge in [-0.3, -0.25) is 9.59 Å². The standard InChI is InChI=1S/C16H17N3O3S/c1-11-4-3-6-18-8-13(17-15(11)18)9-22-14(20)5-7-19-12(2)10-23-16(19)21/h3-4,6,8,10H,5,7,9H2,1-2H3. The molecule has 0 spiro atoms. The van der Waals surface area contributed by atoms with Gasteiger partial charge in [0.25, 0.3) is 0 Å². The number of hydrogen-bond acceptors (Lipinski definition) is 5. The Morgan fingerprint density at radius 2 is 2.22 bits per heavy atom. The highest BCUT2D eigenvalue weighted by Gasteiger charge is 2.09. The number of esters is 1. The number of ether oxygens (including phenoxy) is 1. The lowest BCUT2D eigenvalue weighted by atomic mass is 10.3. The lowest BCUT2D eigenvalue weighted by Gasteiger charge is -2.04. The van der Waals surface area contributed by atoms with Gasteiger partial charge in [-0.25, -0.2) is 4.98 Å². The summed E-state index contributed by atoms with van der Waals surface area (Å²) < 4.78 is 8.74. The van der Waals surface area contributed by atoms with E-state index in [2.05, 4.69) is 4.98 Å². The minimum Gasteiger partial charge on any atom is -0.459 e. The van der Waals surface area contributed by atoms with Crippen LogP contribution >= 0.6 is 11.3 Å². The van der Waals surface area contributed by atoms with Crippen LogP contribution in [0, 0.1) is 13.8 Å². The fourth-order valence-corrected chi connectivity index (χ4v) is 3.14. The predicted molar refractivity (Wildman–Crippen MR) is 87.7 cm³/mol. The van der Waals surface area contributed by atoms with Gasteiger partial charge in [-0.15, -0.1) is 0 Å². The summed E-state index contributed by atoms with van der Waals surface area (Å²) in [5, 5.41) is 1.78. The molecule has 23 heavy (non-hydrogen) atoms. The zero-order chi connectivity index (χ0) is 16.4. The summed E-state index contributed by atoms with van der Waals surface area (Å²) in [6.45, 7) is 4.32. The third-order valence-corrected chi connectivity index (χ3v) is 4.51. The fraction of sp³-hybridized carbons (Fsp3) is 0.312. The Hall–Kier alpha value is -2.41. The van der Waals surface area contributed by atoms with Crippen molar-refractivity contribution in [2.45, 2.75) is 33.4 Å². The second-order valence-electron chi connectivity index (χ2n) is 5.36. The summed E-state index contributed by atoms with van der Waals surface area (Å²) in [4.78, 5) is 27.8. The topological polar surface area (TPSA) is 65.6 Å². The van der Waals surface area contributed by atoms with E-state index in [0.29, 0.717) is 12.2 Å². The fourth-order valence-electron chi connectivity index (χ4n) is 2.38. The molecule has 0 aromatic carbocycles. The highest BCUT2D eigenvalue weighted by atomic mass is 32.1. The number of pyridine rings is 1. The van der Waals surface area contributed by atoms with Crippen LogP contribution in [0.2, 0.25) is 0 Å². The molecular weight excluding hydrogens is 314 g/mol. The first-order valence-corrected chi connectivity index (χ1v) is 8.16. The zero-order valence-electron chi connectivity index (χ0n) is 13.0. The van der Waals surface area contributed by atoms with Gasteiger partial charge >= 0.3 is 10.8 Å². The minimum absolute atomic E-state index is 0.0499. The molecule has 3 aromatic rings. The molecule has 3 rings (SSSR count). The van der Waals surface area contributed by atoms with Gasteiger partial charge in [0.15, 0.2) is 0 Å². The van der Waals surface area contributed by atoms with E-state index in [1.807, 2.05) is 42.8 Å². The lowest BCUT2D eigenvalue weighted by Crippen LogP contribution is -2.17. The molecule has 0 aliphatic carbocycles. The van der Waals surface area contributed by atoms with Gasteiger partial charge in [0.05, 0.1) is 12.1 Å². The van der Waals surface area contributed by atoms with E-state index in [4.69, 9.17) is 4.74 Å². The summed E-state index contributed by atoms with van der Waals surface area (Å²) in [5.41, 5.74) is 3.50. The highest BCUT2D eigenvalue weighted by molar-refractivity contribution is 7.07. The van der Waals surface area contributed by atoms with E-state index >= 15 is 0 Å². The van der Waals surface area contributed by atoms with Crippen LogP contribution in [0.15, 0.2) is 34.7 Å². The van der Waals surface area contributed by atoms with Crippen LogP contribution in [0.25, 0.3) is 5.65 Å². The van der Waals surface area contributed by atoms with Crippen LogP contribution in [-0.2, 0) is 22.7 Å². The largest absolute Gasteiger partial charge is 0.459 e. The van der Waals surface area contributed by atoms with E-state index in [1.165, 1.54) is 0 Å². The predicted octanol–water partition coefficient (Wildman–Crippen LogP) is 2.31. The van der Waals surface area contributed by atoms with Crippen molar-refractivity contribution in [3.05, 3.63) is 56.5 Å². The number of rotatable bonds is 5. The van der Waals surface area contributed by atoms with E-state index in [-0.39, 0.29) is 23.9 Å². The Bertz CT molecular complexity index is 907. The van der Waals surface area contributed by atoms with Gasteiger partial charge in [0, 0.05) is 30.0 Å². The van der Waals surface area contributed by atoms with Crippen molar-refractivity contribution >= 4 is 23.0 Å². The first-order chi connectivity index (χ1) is 11.0. The number of carbonyl (C=O) groups is 1. The molecule has 0 bridgehead atoms. The van der Waals surface area contributed by atoms with E-state index in [9.17, 15) is 9.59 Å². The smallest absolute Gasteiger partial charge is 0.307 e. The molecule has 0 aliphatic heterocycles. The normalized spacial score (nSPS) is 11.0. The molecule has 0 radical (unpaired) electrons. The number of aromatic nitrogens is 3. The first-order valence-electron chi connectivity index (χ1n) is 7.28. The average molecular weight is 331 g/mol. The third-order valence-electron chi connectivity index (χ3n) is 3.62. The van der Waals surface area contributed by atoms with Crippen molar-refractivity contribution < 1.29 is 9.53 Å². The van der Waals surface area contributed by atoms with E-state index < -0.39 is 0 Å². The Kier molecular flexibility index (Phi) is 4.29. The molecular formula is C16H17N3O3S. The minimum atomic E-state index is -0.337. The molecule has 0 saturated heterocycles. The number of carbonyl (C=O) groups excluding carboxylic acids is 1. The first kappa shape index (κ1) is 15.5. The van der Waals surface area contributed by atoms with Gasteiger partial charge in [-0.05, 0) is 25.5 Å². The van der Waals surface area contributed by atoms with Crippen molar-refractivity contribution in [3.63, 3.8) is 0 Å². The number of nitrogens with zero attached hydrogens (tertiary/aromatic N) is 3. The number of thiazole rings is 1. The Labute approximate surface area is 137 Å². The van der Waals surface area contributed by atoms with Crippen molar-refractivity contribution in [1.29, 1.82) is 0 Å². The van der Waals surface area contributed by atoms with E-state index in [0.717, 1.165) is 28.2 Å². The number of fused-ring (bicyclic) bond motifs is 1. The summed E-state index contributed by atoms with van der Waals surface area (Å²) in [5.74, 6) is -0.337. The number of hydrogen-bond donors (Lipinski definition) is 0. The summed E-state index contributed by atoms with van der Waals surface area (Å²) in [6.07, 6.45) is 3.93. The van der Waals surface area contributed by atoms with E-state index in [1.54, 1.807) is 9.95 Å². The molecule has 0 saturated carbocycles. The molecule has 0 aliphatic rings. The average Bonchev–Trinajstić information content (AvgIpc) is 3.08. The van der Waals surface area contributed by atoms with Crippen molar-refractivity contribution in [2.24, 2.45) is 0 Å². The highest BCUT2D eigenvalue weighted by Crippen LogP contribution is 2.11. The number of imidazole rings is 1. The van der Waals surface area contributed by atoms with Gasteiger partial charge in [0.2, 0.25) is 0 Å². The molecule has 3 aromatic heterocycles. The SMILES string of the molecule is Cc1cccn2cc(COC(=O)CCn3c(C)csc3=O)nc12. The van der Waals surface area contributed by atoms with Crippen LogP contribution in [0.3, 0.4) is 0 Å². The lowest BCUT2D eigenvalue weighted by molar-refractivity contribution is -0.145. The molecule has 0 fully saturated rings. The third kappa shape index (κ3) is 3.34. The summed E-state index contributed by atoms with van der Waals surface area (Å²) >= 11 is 1.14. The second kappa shape index (κ2) is 6.37. The Balaban J connectivity index is 1.58. The maximum Gasteiger partial charge on any atom is 0.307 e. The summed E-state index contributed by atoms with van der Waals surface area (Å²) in [7, 11) is 0. The number of aryl methyl sites for hydroxylation is 2. The van der Waals surface area contributed by atoms with Crippen LogP contribution in [0.1, 0.15) is 23.4 Å².